The molecule has 1 atom stereocenters. The quantitative estimate of drug-likeness (QED) is 0.807. The van der Waals surface area contributed by atoms with Crippen molar-refractivity contribution in [2.45, 2.75) is 19.9 Å². The van der Waals surface area contributed by atoms with E-state index in [4.69, 9.17) is 9.47 Å². The molecule has 0 saturated heterocycles. The van der Waals surface area contributed by atoms with E-state index in [1.54, 1.807) is 38.1 Å². The standard InChI is InChI=1S/C22H22N2O4/c1-4-28-22(26)18-14(2)23-20(16-8-6-5-7-9-16)24-19(18)15-10-12-17(13-11-15)21(25)27-3/h5-13,19H,4H2,1-3H3,(H,23,24). The summed E-state index contributed by atoms with van der Waals surface area (Å²) in [6.45, 7) is 3.84. The fourth-order valence-corrected chi connectivity index (χ4v) is 3.08. The third kappa shape index (κ3) is 3.96. The Balaban J connectivity index is 2.03. The molecule has 144 valence electrons. The van der Waals surface area contributed by atoms with Gasteiger partial charge in [-0.2, -0.15) is 0 Å². The van der Waals surface area contributed by atoms with Crippen LogP contribution in [-0.2, 0) is 14.3 Å². The van der Waals surface area contributed by atoms with Crippen molar-refractivity contribution in [3.8, 4) is 0 Å². The van der Waals surface area contributed by atoms with E-state index in [-0.39, 0.29) is 6.61 Å². The Hall–Kier alpha value is -3.41. The maximum atomic E-state index is 12.6. The zero-order chi connectivity index (χ0) is 20.1. The van der Waals surface area contributed by atoms with Crippen LogP contribution in [0, 0.1) is 0 Å². The third-order valence-electron chi connectivity index (χ3n) is 4.45. The lowest BCUT2D eigenvalue weighted by molar-refractivity contribution is -0.139. The van der Waals surface area contributed by atoms with E-state index < -0.39 is 18.0 Å². The van der Waals surface area contributed by atoms with Crippen LogP contribution in [-0.4, -0.2) is 31.5 Å². The summed E-state index contributed by atoms with van der Waals surface area (Å²) in [5.74, 6) is -0.148. The lowest BCUT2D eigenvalue weighted by atomic mass is 9.94. The summed E-state index contributed by atoms with van der Waals surface area (Å²) in [6, 6.07) is 16.2. The van der Waals surface area contributed by atoms with Crippen LogP contribution in [0.25, 0.3) is 0 Å². The van der Waals surface area contributed by atoms with E-state index in [2.05, 4.69) is 10.3 Å². The van der Waals surface area contributed by atoms with Gasteiger partial charge in [0.05, 0.1) is 36.6 Å². The van der Waals surface area contributed by atoms with Gasteiger partial charge in [0.2, 0.25) is 0 Å². The number of carbonyl (C=O) groups excluding carboxylic acids is 2. The summed E-state index contributed by atoms with van der Waals surface area (Å²) >= 11 is 0. The minimum atomic E-state index is -0.446. The third-order valence-corrected chi connectivity index (χ3v) is 4.45. The molecule has 2 aromatic carbocycles. The normalized spacial score (nSPS) is 16.1. The predicted octanol–water partition coefficient (Wildman–Crippen LogP) is 3.40. The number of allylic oxidation sites excluding steroid dienone is 1. The van der Waals surface area contributed by atoms with Gasteiger partial charge < -0.3 is 14.8 Å². The smallest absolute Gasteiger partial charge is 0.338 e. The van der Waals surface area contributed by atoms with E-state index in [1.807, 2.05) is 30.3 Å². The molecule has 1 unspecified atom stereocenters. The molecule has 6 heteroatoms. The first-order valence-corrected chi connectivity index (χ1v) is 9.02. The van der Waals surface area contributed by atoms with Crippen LogP contribution in [0.4, 0.5) is 0 Å². The largest absolute Gasteiger partial charge is 0.465 e. The number of ether oxygens (including phenoxy) is 2. The monoisotopic (exact) mass is 378 g/mol. The molecule has 0 radical (unpaired) electrons. The van der Waals surface area contributed by atoms with Crippen molar-refractivity contribution in [2.75, 3.05) is 13.7 Å². The zero-order valence-corrected chi connectivity index (χ0v) is 16.1. The molecule has 1 heterocycles. The highest BCUT2D eigenvalue weighted by Gasteiger charge is 2.31. The minimum absolute atomic E-state index is 0.277. The summed E-state index contributed by atoms with van der Waals surface area (Å²) in [5, 5.41) is 3.34. The van der Waals surface area contributed by atoms with Crippen LogP contribution in [0.3, 0.4) is 0 Å². The van der Waals surface area contributed by atoms with Gasteiger partial charge >= 0.3 is 11.9 Å². The summed E-state index contributed by atoms with van der Waals surface area (Å²) in [6.07, 6.45) is 0. The molecule has 28 heavy (non-hydrogen) atoms. The molecule has 1 aliphatic rings. The number of methoxy groups -OCH3 is 1. The second-order valence-electron chi connectivity index (χ2n) is 6.24. The number of rotatable bonds is 5. The Morgan fingerprint density at radius 1 is 1.04 bits per heavy atom. The molecule has 0 amide bonds. The number of amidine groups is 1. The van der Waals surface area contributed by atoms with Crippen molar-refractivity contribution in [1.29, 1.82) is 0 Å². The number of carbonyl (C=O) groups is 2. The van der Waals surface area contributed by atoms with Gasteiger partial charge in [0.1, 0.15) is 5.84 Å². The highest BCUT2D eigenvalue weighted by atomic mass is 16.5. The van der Waals surface area contributed by atoms with Crippen LogP contribution in [0.5, 0.6) is 0 Å². The number of hydrogen-bond acceptors (Lipinski definition) is 6. The van der Waals surface area contributed by atoms with Crippen molar-refractivity contribution in [3.63, 3.8) is 0 Å². The van der Waals surface area contributed by atoms with Crippen molar-refractivity contribution < 1.29 is 19.1 Å². The van der Waals surface area contributed by atoms with E-state index in [0.29, 0.717) is 22.7 Å². The summed E-state index contributed by atoms with van der Waals surface area (Å²) in [5.41, 5.74) is 3.22. The van der Waals surface area contributed by atoms with Crippen LogP contribution >= 0.6 is 0 Å². The van der Waals surface area contributed by atoms with Crippen LogP contribution in [0.2, 0.25) is 0 Å². The Kier molecular flexibility index (Phi) is 5.89. The molecule has 2 aromatic rings. The van der Waals surface area contributed by atoms with Gasteiger partial charge in [-0.15, -0.1) is 0 Å². The molecule has 1 aliphatic heterocycles. The molecule has 1 N–H and O–H groups in total. The first kappa shape index (κ1) is 19.4. The lowest BCUT2D eigenvalue weighted by Crippen LogP contribution is -2.36. The Morgan fingerprint density at radius 3 is 2.32 bits per heavy atom. The van der Waals surface area contributed by atoms with Gasteiger partial charge in [0.25, 0.3) is 0 Å². The summed E-state index contributed by atoms with van der Waals surface area (Å²) < 4.78 is 9.99. The Bertz CT molecular complexity index is 931. The van der Waals surface area contributed by atoms with E-state index >= 15 is 0 Å². The van der Waals surface area contributed by atoms with Gasteiger partial charge in [-0.3, -0.25) is 0 Å². The maximum absolute atomic E-state index is 12.6. The van der Waals surface area contributed by atoms with Gasteiger partial charge in [0.15, 0.2) is 0 Å². The van der Waals surface area contributed by atoms with Crippen LogP contribution in [0.1, 0.15) is 41.4 Å². The average molecular weight is 378 g/mol. The van der Waals surface area contributed by atoms with Crippen molar-refractivity contribution in [1.82, 2.24) is 5.32 Å². The van der Waals surface area contributed by atoms with Crippen molar-refractivity contribution >= 4 is 17.8 Å². The molecule has 6 nitrogen and oxygen atoms in total. The van der Waals surface area contributed by atoms with Crippen molar-refractivity contribution in [2.24, 2.45) is 4.99 Å². The molecular formula is C22H22N2O4. The Labute approximate surface area is 163 Å². The lowest BCUT2D eigenvalue weighted by Gasteiger charge is -2.28. The first-order valence-electron chi connectivity index (χ1n) is 9.02. The number of hydrogen-bond donors (Lipinski definition) is 1. The second kappa shape index (κ2) is 8.52. The van der Waals surface area contributed by atoms with Gasteiger partial charge in [-0.1, -0.05) is 42.5 Å². The van der Waals surface area contributed by atoms with Crippen molar-refractivity contribution in [3.05, 3.63) is 82.6 Å². The molecule has 0 saturated carbocycles. The zero-order valence-electron chi connectivity index (χ0n) is 16.1. The van der Waals surface area contributed by atoms with Crippen LogP contribution < -0.4 is 5.32 Å². The second-order valence-corrected chi connectivity index (χ2v) is 6.24. The first-order chi connectivity index (χ1) is 13.5. The van der Waals surface area contributed by atoms with E-state index in [9.17, 15) is 9.59 Å². The summed E-state index contributed by atoms with van der Waals surface area (Å²) in [4.78, 5) is 28.9. The average Bonchev–Trinajstić information content (AvgIpc) is 2.73. The van der Waals surface area contributed by atoms with Gasteiger partial charge in [-0.25, -0.2) is 14.6 Å². The Morgan fingerprint density at radius 2 is 1.71 bits per heavy atom. The molecular weight excluding hydrogens is 356 g/mol. The predicted molar refractivity (Wildman–Crippen MR) is 106 cm³/mol. The molecule has 0 spiro atoms. The highest BCUT2D eigenvalue weighted by molar-refractivity contribution is 6.03. The summed E-state index contributed by atoms with van der Waals surface area (Å²) in [7, 11) is 1.34. The number of nitrogens with one attached hydrogen (secondary N) is 1. The van der Waals surface area contributed by atoms with Gasteiger partial charge in [-0.05, 0) is 31.5 Å². The minimum Gasteiger partial charge on any atom is -0.465 e. The topological polar surface area (TPSA) is 77.0 Å². The maximum Gasteiger partial charge on any atom is 0.338 e. The SMILES string of the molecule is CCOC(=O)C1=C(C)N=C(c2ccccc2)NC1c1ccc(C(=O)OC)cc1. The highest BCUT2D eigenvalue weighted by Crippen LogP contribution is 2.30. The molecule has 0 aromatic heterocycles. The van der Waals surface area contributed by atoms with Crippen LogP contribution in [0.15, 0.2) is 70.9 Å². The number of benzene rings is 2. The van der Waals surface area contributed by atoms with Gasteiger partial charge in [0, 0.05) is 5.56 Å². The van der Waals surface area contributed by atoms with E-state index in [1.165, 1.54) is 7.11 Å². The molecule has 0 bridgehead atoms. The fourth-order valence-electron chi connectivity index (χ4n) is 3.08. The molecule has 3 rings (SSSR count). The number of aliphatic imine (C=N–C) groups is 1. The van der Waals surface area contributed by atoms with E-state index in [0.717, 1.165) is 11.1 Å². The number of esters is 2. The molecule has 0 aliphatic carbocycles. The molecule has 0 fully saturated rings. The number of nitrogens with zero attached hydrogens (tertiary/aromatic N) is 1. The fraction of sp³-hybridized carbons (Fsp3) is 0.227.